The van der Waals surface area contributed by atoms with Crippen molar-refractivity contribution in [3.63, 3.8) is 0 Å². The van der Waals surface area contributed by atoms with Crippen molar-refractivity contribution >= 4 is 28.8 Å². The molecule has 2 heterocycles. The number of para-hydroxylation sites is 1. The first-order valence-corrected chi connectivity index (χ1v) is 8.80. The molecule has 0 unspecified atom stereocenters. The van der Waals surface area contributed by atoms with E-state index in [2.05, 4.69) is 5.32 Å². The molecule has 1 aliphatic heterocycles. The van der Waals surface area contributed by atoms with Gasteiger partial charge in [-0.25, -0.2) is 0 Å². The van der Waals surface area contributed by atoms with Gasteiger partial charge >= 0.3 is 0 Å². The number of amides is 2. The maximum absolute atomic E-state index is 12.5. The molecule has 4 nitrogen and oxygen atoms in total. The number of rotatable bonds is 5. The Morgan fingerprint density at radius 3 is 2.74 bits per heavy atom. The molecule has 1 aliphatic rings. The van der Waals surface area contributed by atoms with Crippen LogP contribution in [0.25, 0.3) is 0 Å². The van der Waals surface area contributed by atoms with Gasteiger partial charge in [0.15, 0.2) is 0 Å². The van der Waals surface area contributed by atoms with E-state index in [1.54, 1.807) is 16.2 Å². The number of hydrogen-bond acceptors (Lipinski definition) is 3. The zero-order valence-electron chi connectivity index (χ0n) is 12.9. The number of hydrogen-bond donors (Lipinski definition) is 1. The molecule has 0 spiro atoms. The molecule has 1 atom stereocenters. The predicted molar refractivity (Wildman–Crippen MR) is 92.4 cm³/mol. The van der Waals surface area contributed by atoms with E-state index in [0.717, 1.165) is 24.9 Å². The number of nitrogens with one attached hydrogen (secondary N) is 1. The van der Waals surface area contributed by atoms with Gasteiger partial charge in [0.1, 0.15) is 6.04 Å². The molecule has 1 N–H and O–H groups in total. The Kier molecular flexibility index (Phi) is 5.08. The number of likely N-dealkylation sites (tertiary alicyclic amines) is 1. The van der Waals surface area contributed by atoms with Crippen LogP contribution in [-0.2, 0) is 16.0 Å². The standard InChI is InChI=1S/C18H20N2O2S/c21-17(11-10-15-8-5-13-23-15)20-12-4-9-16(20)18(22)19-14-6-2-1-3-7-14/h1-3,5-8,13,16H,4,9-12H2,(H,19,22)/t16-/m0/s1. The summed E-state index contributed by atoms with van der Waals surface area (Å²) < 4.78 is 0. The Labute approximate surface area is 140 Å². The fourth-order valence-corrected chi connectivity index (χ4v) is 3.62. The fraction of sp³-hybridized carbons (Fsp3) is 0.333. The maximum atomic E-state index is 12.5. The van der Waals surface area contributed by atoms with Gasteiger partial charge in [-0.1, -0.05) is 24.3 Å². The minimum Gasteiger partial charge on any atom is -0.331 e. The van der Waals surface area contributed by atoms with Gasteiger partial charge in [-0.05, 0) is 42.8 Å². The summed E-state index contributed by atoms with van der Waals surface area (Å²) >= 11 is 1.67. The van der Waals surface area contributed by atoms with Crippen LogP contribution in [0.4, 0.5) is 5.69 Å². The zero-order chi connectivity index (χ0) is 16.1. The minimum atomic E-state index is -0.342. The summed E-state index contributed by atoms with van der Waals surface area (Å²) in [6.07, 6.45) is 2.84. The van der Waals surface area contributed by atoms with Gasteiger partial charge in [0.25, 0.3) is 0 Å². The van der Waals surface area contributed by atoms with E-state index in [1.807, 2.05) is 47.8 Å². The van der Waals surface area contributed by atoms with Crippen molar-refractivity contribution in [2.45, 2.75) is 31.7 Å². The third kappa shape index (κ3) is 3.99. The number of anilines is 1. The summed E-state index contributed by atoms with van der Waals surface area (Å²) in [7, 11) is 0. The lowest BCUT2D eigenvalue weighted by Crippen LogP contribution is -2.43. The lowest BCUT2D eigenvalue weighted by molar-refractivity contribution is -0.136. The molecule has 2 aromatic rings. The molecule has 23 heavy (non-hydrogen) atoms. The Bertz CT molecular complexity index is 655. The van der Waals surface area contributed by atoms with Crippen LogP contribution in [0.15, 0.2) is 47.8 Å². The lowest BCUT2D eigenvalue weighted by Gasteiger charge is -2.24. The van der Waals surface area contributed by atoms with Crippen molar-refractivity contribution in [3.05, 3.63) is 52.7 Å². The summed E-state index contributed by atoms with van der Waals surface area (Å²) in [4.78, 5) is 27.9. The molecule has 0 saturated carbocycles. The number of benzene rings is 1. The molecule has 1 aromatic carbocycles. The topological polar surface area (TPSA) is 49.4 Å². The molecule has 1 fully saturated rings. The van der Waals surface area contributed by atoms with Crippen LogP contribution in [0.5, 0.6) is 0 Å². The molecular weight excluding hydrogens is 308 g/mol. The molecule has 1 aromatic heterocycles. The predicted octanol–water partition coefficient (Wildman–Crippen LogP) is 3.31. The maximum Gasteiger partial charge on any atom is 0.247 e. The van der Waals surface area contributed by atoms with Crippen LogP contribution in [0.1, 0.15) is 24.1 Å². The highest BCUT2D eigenvalue weighted by Crippen LogP contribution is 2.21. The van der Waals surface area contributed by atoms with Crippen molar-refractivity contribution < 1.29 is 9.59 Å². The summed E-state index contributed by atoms with van der Waals surface area (Å²) in [5, 5.41) is 4.93. The Morgan fingerprint density at radius 2 is 2.00 bits per heavy atom. The van der Waals surface area contributed by atoms with Gasteiger partial charge in [-0.2, -0.15) is 0 Å². The van der Waals surface area contributed by atoms with E-state index in [-0.39, 0.29) is 17.9 Å². The first-order chi connectivity index (χ1) is 11.2. The first kappa shape index (κ1) is 15.7. The van der Waals surface area contributed by atoms with Gasteiger partial charge in [-0.3, -0.25) is 9.59 Å². The molecule has 2 amide bonds. The van der Waals surface area contributed by atoms with Crippen LogP contribution in [0.2, 0.25) is 0 Å². The molecule has 5 heteroatoms. The molecule has 0 bridgehead atoms. The number of aryl methyl sites for hydroxylation is 1. The highest BCUT2D eigenvalue weighted by molar-refractivity contribution is 7.09. The van der Waals surface area contributed by atoms with Crippen molar-refractivity contribution in [1.82, 2.24) is 4.90 Å². The van der Waals surface area contributed by atoms with Crippen molar-refractivity contribution in [2.75, 3.05) is 11.9 Å². The number of thiophene rings is 1. The number of carbonyl (C=O) groups excluding carboxylic acids is 2. The Balaban J connectivity index is 1.58. The second-order valence-electron chi connectivity index (χ2n) is 5.68. The van der Waals surface area contributed by atoms with E-state index in [1.165, 1.54) is 4.88 Å². The van der Waals surface area contributed by atoms with Gasteiger partial charge in [0, 0.05) is 23.5 Å². The van der Waals surface area contributed by atoms with Gasteiger partial charge in [0.05, 0.1) is 0 Å². The van der Waals surface area contributed by atoms with E-state index < -0.39 is 0 Å². The molecule has 3 rings (SSSR count). The third-order valence-electron chi connectivity index (χ3n) is 4.08. The van der Waals surface area contributed by atoms with E-state index in [9.17, 15) is 9.59 Å². The van der Waals surface area contributed by atoms with E-state index in [4.69, 9.17) is 0 Å². The lowest BCUT2D eigenvalue weighted by atomic mass is 10.1. The highest BCUT2D eigenvalue weighted by Gasteiger charge is 2.33. The molecule has 0 radical (unpaired) electrons. The third-order valence-corrected chi connectivity index (χ3v) is 5.02. The minimum absolute atomic E-state index is 0.0733. The van der Waals surface area contributed by atoms with Gasteiger partial charge in [0.2, 0.25) is 11.8 Å². The molecular formula is C18H20N2O2S. The number of carbonyl (C=O) groups is 2. The molecule has 0 aliphatic carbocycles. The quantitative estimate of drug-likeness (QED) is 0.915. The monoisotopic (exact) mass is 328 g/mol. The first-order valence-electron chi connectivity index (χ1n) is 7.92. The van der Waals surface area contributed by atoms with Crippen LogP contribution >= 0.6 is 11.3 Å². The fourth-order valence-electron chi connectivity index (χ4n) is 2.91. The van der Waals surface area contributed by atoms with Crippen LogP contribution < -0.4 is 5.32 Å². The van der Waals surface area contributed by atoms with Crippen molar-refractivity contribution in [2.24, 2.45) is 0 Å². The van der Waals surface area contributed by atoms with Gasteiger partial charge in [-0.15, -0.1) is 11.3 Å². The summed E-state index contributed by atoms with van der Waals surface area (Å²) in [6, 6.07) is 13.1. The largest absolute Gasteiger partial charge is 0.331 e. The summed E-state index contributed by atoms with van der Waals surface area (Å²) in [6.45, 7) is 0.677. The van der Waals surface area contributed by atoms with Crippen molar-refractivity contribution in [1.29, 1.82) is 0 Å². The number of nitrogens with zero attached hydrogens (tertiary/aromatic N) is 1. The average Bonchev–Trinajstić information content (AvgIpc) is 3.25. The normalized spacial score (nSPS) is 17.2. The van der Waals surface area contributed by atoms with Crippen LogP contribution in [0, 0.1) is 0 Å². The smallest absolute Gasteiger partial charge is 0.247 e. The highest BCUT2D eigenvalue weighted by atomic mass is 32.1. The molecule has 120 valence electrons. The average molecular weight is 328 g/mol. The molecule has 1 saturated heterocycles. The van der Waals surface area contributed by atoms with Crippen LogP contribution in [-0.4, -0.2) is 29.3 Å². The second-order valence-corrected chi connectivity index (χ2v) is 6.71. The Hall–Kier alpha value is -2.14. The SMILES string of the molecule is O=C(Nc1ccccc1)[C@@H]1CCCN1C(=O)CCc1cccs1. The Morgan fingerprint density at radius 1 is 1.17 bits per heavy atom. The van der Waals surface area contributed by atoms with Crippen LogP contribution in [0.3, 0.4) is 0 Å². The van der Waals surface area contributed by atoms with Crippen molar-refractivity contribution in [3.8, 4) is 0 Å². The summed E-state index contributed by atoms with van der Waals surface area (Å²) in [5.74, 6) is -0.0118. The zero-order valence-corrected chi connectivity index (χ0v) is 13.7. The van der Waals surface area contributed by atoms with E-state index in [0.29, 0.717) is 13.0 Å². The second kappa shape index (κ2) is 7.42. The van der Waals surface area contributed by atoms with E-state index >= 15 is 0 Å². The van der Waals surface area contributed by atoms with Gasteiger partial charge < -0.3 is 10.2 Å². The summed E-state index contributed by atoms with van der Waals surface area (Å²) in [5.41, 5.74) is 0.774.